The van der Waals surface area contributed by atoms with Crippen LogP contribution in [0.5, 0.6) is 11.5 Å². The molecular formula is C20H30O2Si. The molecule has 1 fully saturated rings. The Hall–Kier alpha value is -1.22. The Balaban J connectivity index is 1.84. The standard InChI is InChI=1S/C20H30O2Si/c1-20(2,3)23(4,5)22-16-10-11-18-17(15-8-6-7-9-15)12-13-21-19(18)14-16/h10-12,14-15H,6-9,13H2,1-5H3. The van der Waals surface area contributed by atoms with Gasteiger partial charge in [-0.05, 0) is 60.7 Å². The Bertz CT molecular complexity index is 605. The highest BCUT2D eigenvalue weighted by Crippen LogP contribution is 2.44. The van der Waals surface area contributed by atoms with Crippen LogP contribution in [-0.2, 0) is 0 Å². The summed E-state index contributed by atoms with van der Waals surface area (Å²) >= 11 is 0. The van der Waals surface area contributed by atoms with Crippen LogP contribution in [-0.4, -0.2) is 14.9 Å². The lowest BCUT2D eigenvalue weighted by atomic mass is 9.89. The van der Waals surface area contributed by atoms with Crippen LogP contribution in [0.2, 0.25) is 18.1 Å². The molecule has 23 heavy (non-hydrogen) atoms. The Kier molecular flexibility index (Phi) is 4.34. The Morgan fingerprint density at radius 2 is 1.83 bits per heavy atom. The third-order valence-electron chi connectivity index (χ3n) is 5.78. The molecule has 1 aliphatic heterocycles. The molecule has 0 bridgehead atoms. The topological polar surface area (TPSA) is 18.5 Å². The normalized spacial score (nSPS) is 19.1. The number of ether oxygens (including phenoxy) is 1. The van der Waals surface area contributed by atoms with Gasteiger partial charge in [-0.2, -0.15) is 0 Å². The van der Waals surface area contributed by atoms with Gasteiger partial charge in [0.15, 0.2) is 0 Å². The molecule has 0 aromatic heterocycles. The van der Waals surface area contributed by atoms with Gasteiger partial charge in [-0.25, -0.2) is 0 Å². The van der Waals surface area contributed by atoms with Gasteiger partial charge in [0.1, 0.15) is 18.1 Å². The summed E-state index contributed by atoms with van der Waals surface area (Å²) in [6.45, 7) is 12.1. The van der Waals surface area contributed by atoms with Gasteiger partial charge in [0.05, 0.1) is 0 Å². The van der Waals surface area contributed by atoms with E-state index in [0.29, 0.717) is 6.61 Å². The van der Waals surface area contributed by atoms with E-state index in [-0.39, 0.29) is 5.04 Å². The van der Waals surface area contributed by atoms with E-state index in [9.17, 15) is 0 Å². The first-order valence-electron chi connectivity index (χ1n) is 8.94. The minimum absolute atomic E-state index is 0.207. The van der Waals surface area contributed by atoms with Gasteiger partial charge < -0.3 is 9.16 Å². The first-order valence-corrected chi connectivity index (χ1v) is 11.8. The van der Waals surface area contributed by atoms with E-state index < -0.39 is 8.32 Å². The Morgan fingerprint density at radius 1 is 1.13 bits per heavy atom. The van der Waals surface area contributed by atoms with E-state index in [1.807, 2.05) is 0 Å². The molecule has 3 rings (SSSR count). The highest BCUT2D eigenvalue weighted by molar-refractivity contribution is 6.74. The van der Waals surface area contributed by atoms with Gasteiger partial charge in [-0.3, -0.25) is 0 Å². The second kappa shape index (κ2) is 6.01. The molecule has 2 nitrogen and oxygen atoms in total. The molecule has 1 aliphatic carbocycles. The number of hydrogen-bond donors (Lipinski definition) is 0. The van der Waals surface area contributed by atoms with Crippen molar-refractivity contribution in [3.05, 3.63) is 29.8 Å². The zero-order valence-corrected chi connectivity index (χ0v) is 16.2. The number of allylic oxidation sites excluding steroid dienone is 1. The van der Waals surface area contributed by atoms with E-state index >= 15 is 0 Å². The van der Waals surface area contributed by atoms with Crippen LogP contribution in [0.4, 0.5) is 0 Å². The van der Waals surface area contributed by atoms with E-state index in [0.717, 1.165) is 17.4 Å². The molecule has 1 heterocycles. The van der Waals surface area contributed by atoms with Crippen LogP contribution in [0.25, 0.3) is 5.57 Å². The van der Waals surface area contributed by atoms with Crippen molar-refractivity contribution in [3.8, 4) is 11.5 Å². The third kappa shape index (κ3) is 3.35. The van der Waals surface area contributed by atoms with Crippen LogP contribution >= 0.6 is 0 Å². The summed E-state index contributed by atoms with van der Waals surface area (Å²) in [7, 11) is -1.80. The average molecular weight is 331 g/mol. The molecule has 1 aromatic rings. The number of fused-ring (bicyclic) bond motifs is 1. The van der Waals surface area contributed by atoms with Gasteiger partial charge in [-0.1, -0.05) is 33.6 Å². The highest BCUT2D eigenvalue weighted by Gasteiger charge is 2.39. The fourth-order valence-corrected chi connectivity index (χ4v) is 4.35. The Labute approximate surface area is 142 Å². The van der Waals surface area contributed by atoms with Crippen molar-refractivity contribution in [1.29, 1.82) is 0 Å². The molecule has 1 aromatic carbocycles. The average Bonchev–Trinajstić information content (AvgIpc) is 2.98. The molecule has 0 radical (unpaired) electrons. The zero-order chi connectivity index (χ0) is 16.7. The first-order chi connectivity index (χ1) is 10.8. The second-order valence-electron chi connectivity index (χ2n) is 8.47. The highest BCUT2D eigenvalue weighted by atomic mass is 28.4. The van der Waals surface area contributed by atoms with Gasteiger partial charge in [0.2, 0.25) is 8.32 Å². The van der Waals surface area contributed by atoms with Crippen molar-refractivity contribution in [1.82, 2.24) is 0 Å². The Morgan fingerprint density at radius 3 is 2.48 bits per heavy atom. The largest absolute Gasteiger partial charge is 0.543 e. The minimum atomic E-state index is -1.80. The molecule has 1 saturated carbocycles. The zero-order valence-electron chi connectivity index (χ0n) is 15.2. The fourth-order valence-electron chi connectivity index (χ4n) is 3.33. The summed E-state index contributed by atoms with van der Waals surface area (Å²) < 4.78 is 12.3. The lowest BCUT2D eigenvalue weighted by molar-refractivity contribution is 0.353. The molecule has 126 valence electrons. The van der Waals surface area contributed by atoms with Gasteiger partial charge in [0.25, 0.3) is 0 Å². The molecule has 3 heteroatoms. The molecule has 0 N–H and O–H groups in total. The van der Waals surface area contributed by atoms with Crippen molar-refractivity contribution >= 4 is 13.9 Å². The maximum Gasteiger partial charge on any atom is 0.250 e. The molecule has 0 unspecified atom stereocenters. The predicted molar refractivity (Wildman–Crippen MR) is 99.7 cm³/mol. The molecule has 0 atom stereocenters. The van der Waals surface area contributed by atoms with Crippen LogP contribution in [0.15, 0.2) is 24.3 Å². The molecular weight excluding hydrogens is 300 g/mol. The monoisotopic (exact) mass is 330 g/mol. The van der Waals surface area contributed by atoms with E-state index in [1.165, 1.54) is 36.8 Å². The summed E-state index contributed by atoms with van der Waals surface area (Å²) in [6, 6.07) is 6.45. The van der Waals surface area contributed by atoms with Crippen LogP contribution < -0.4 is 9.16 Å². The minimum Gasteiger partial charge on any atom is -0.543 e. The first kappa shape index (κ1) is 16.6. The molecule has 0 spiro atoms. The SMILES string of the molecule is CC(C)(C)[Si](C)(C)Oc1ccc2c(c1)OCC=C2C1CCCC1. The fraction of sp³-hybridized carbons (Fsp3) is 0.600. The maximum atomic E-state index is 6.43. The lowest BCUT2D eigenvalue weighted by Crippen LogP contribution is -2.43. The number of rotatable bonds is 3. The maximum absolute atomic E-state index is 6.43. The van der Waals surface area contributed by atoms with Crippen molar-refractivity contribution in [2.45, 2.75) is 64.6 Å². The molecule has 2 aliphatic rings. The third-order valence-corrected chi connectivity index (χ3v) is 10.1. The molecule has 0 amide bonds. The van der Waals surface area contributed by atoms with Gasteiger partial charge >= 0.3 is 0 Å². The van der Waals surface area contributed by atoms with Crippen LogP contribution in [0.1, 0.15) is 52.0 Å². The number of hydrogen-bond acceptors (Lipinski definition) is 2. The number of benzene rings is 1. The summed E-state index contributed by atoms with van der Waals surface area (Å²) in [4.78, 5) is 0. The van der Waals surface area contributed by atoms with Gasteiger partial charge in [0, 0.05) is 11.6 Å². The van der Waals surface area contributed by atoms with Crippen LogP contribution in [0, 0.1) is 5.92 Å². The van der Waals surface area contributed by atoms with Crippen molar-refractivity contribution in [2.24, 2.45) is 5.92 Å². The van der Waals surface area contributed by atoms with Crippen molar-refractivity contribution < 1.29 is 9.16 Å². The predicted octanol–water partition coefficient (Wildman–Crippen LogP) is 6.04. The quantitative estimate of drug-likeness (QED) is 0.629. The van der Waals surface area contributed by atoms with E-state index in [2.05, 4.69) is 58.1 Å². The molecule has 0 saturated heterocycles. The summed E-state index contributed by atoms with van der Waals surface area (Å²) in [5.74, 6) is 2.69. The second-order valence-corrected chi connectivity index (χ2v) is 13.2. The summed E-state index contributed by atoms with van der Waals surface area (Å²) in [6.07, 6.45) is 7.67. The lowest BCUT2D eigenvalue weighted by Gasteiger charge is -2.36. The van der Waals surface area contributed by atoms with E-state index in [1.54, 1.807) is 0 Å². The van der Waals surface area contributed by atoms with Crippen molar-refractivity contribution in [3.63, 3.8) is 0 Å². The van der Waals surface area contributed by atoms with E-state index in [4.69, 9.17) is 9.16 Å². The summed E-state index contributed by atoms with van der Waals surface area (Å²) in [5, 5.41) is 0.207. The smallest absolute Gasteiger partial charge is 0.250 e. The summed E-state index contributed by atoms with van der Waals surface area (Å²) in [5.41, 5.74) is 2.79. The van der Waals surface area contributed by atoms with Gasteiger partial charge in [-0.15, -0.1) is 0 Å². The van der Waals surface area contributed by atoms with Crippen molar-refractivity contribution in [2.75, 3.05) is 6.61 Å². The van der Waals surface area contributed by atoms with Crippen LogP contribution in [0.3, 0.4) is 0 Å².